The Kier molecular flexibility index (Phi) is 3.13. The molecule has 1 amide bonds. The van der Waals surface area contributed by atoms with Gasteiger partial charge in [0, 0.05) is 6.04 Å². The van der Waals surface area contributed by atoms with Crippen molar-refractivity contribution >= 4 is 5.91 Å². The fourth-order valence-electron chi connectivity index (χ4n) is 4.11. The quantitative estimate of drug-likeness (QED) is 0.832. The number of rotatable bonds is 4. The van der Waals surface area contributed by atoms with Gasteiger partial charge in [-0.05, 0) is 38.0 Å². The van der Waals surface area contributed by atoms with Gasteiger partial charge in [0.15, 0.2) is 0 Å². The fraction of sp³-hybridized carbons (Fsp3) is 0.933. The van der Waals surface area contributed by atoms with Crippen molar-refractivity contribution in [2.75, 3.05) is 0 Å². The van der Waals surface area contributed by atoms with E-state index in [1.807, 2.05) is 0 Å². The number of carbonyl (C=O) groups is 1. The first-order valence-corrected chi connectivity index (χ1v) is 7.82. The van der Waals surface area contributed by atoms with Gasteiger partial charge in [0.2, 0.25) is 5.91 Å². The molecule has 3 nitrogen and oxygen atoms in total. The predicted molar refractivity (Wildman–Crippen MR) is 72.1 cm³/mol. The summed E-state index contributed by atoms with van der Waals surface area (Å²) < 4.78 is 0. The lowest BCUT2D eigenvalue weighted by Gasteiger charge is -2.23. The summed E-state index contributed by atoms with van der Waals surface area (Å²) in [5.74, 6) is 1.21. The number of carbonyl (C=O) groups excluding carboxylic acids is 1. The molecular weight excluding hydrogens is 224 g/mol. The van der Waals surface area contributed by atoms with Gasteiger partial charge < -0.3 is 4.90 Å². The molecule has 1 saturated heterocycles. The van der Waals surface area contributed by atoms with Crippen LogP contribution in [0.5, 0.6) is 0 Å². The number of hydrogen-bond acceptors (Lipinski definition) is 2. The zero-order valence-electron chi connectivity index (χ0n) is 11.7. The third-order valence-electron chi connectivity index (χ3n) is 5.17. The third-order valence-corrected chi connectivity index (χ3v) is 5.17. The lowest BCUT2D eigenvalue weighted by molar-refractivity contribution is -0.133. The van der Waals surface area contributed by atoms with Gasteiger partial charge in [-0.3, -0.25) is 10.1 Å². The predicted octanol–water partition coefficient (Wildman–Crippen LogP) is 2.66. The van der Waals surface area contributed by atoms with Crippen molar-refractivity contribution in [3.8, 4) is 0 Å². The minimum atomic E-state index is -0.167. The molecule has 3 heteroatoms. The maximum Gasteiger partial charge on any atom is 0.244 e. The van der Waals surface area contributed by atoms with E-state index in [9.17, 15) is 4.79 Å². The lowest BCUT2D eigenvalue weighted by Crippen LogP contribution is -2.44. The van der Waals surface area contributed by atoms with Crippen molar-refractivity contribution in [3.05, 3.63) is 0 Å². The van der Waals surface area contributed by atoms with E-state index in [2.05, 4.69) is 24.1 Å². The Hall–Kier alpha value is -0.570. The topological polar surface area (TPSA) is 32.3 Å². The van der Waals surface area contributed by atoms with Crippen molar-refractivity contribution in [3.63, 3.8) is 0 Å². The highest BCUT2D eigenvalue weighted by Crippen LogP contribution is 2.46. The second-order valence-electron chi connectivity index (χ2n) is 6.42. The van der Waals surface area contributed by atoms with E-state index in [1.54, 1.807) is 0 Å². The van der Waals surface area contributed by atoms with Crippen LogP contribution in [-0.2, 0) is 4.79 Å². The van der Waals surface area contributed by atoms with Gasteiger partial charge in [0.05, 0.1) is 11.7 Å². The van der Waals surface area contributed by atoms with Gasteiger partial charge in [-0.2, -0.15) is 0 Å². The zero-order valence-corrected chi connectivity index (χ0v) is 11.7. The standard InChI is InChI=1S/C15H26N2O/c1-3-7-11-10-12(11)17-13(4-2)16-15(14(17)18)8-5-6-9-15/h11-13,16H,3-10H2,1-2H3. The maximum absolute atomic E-state index is 12.8. The van der Waals surface area contributed by atoms with Gasteiger partial charge in [-0.15, -0.1) is 0 Å². The van der Waals surface area contributed by atoms with Crippen LogP contribution in [0.25, 0.3) is 0 Å². The summed E-state index contributed by atoms with van der Waals surface area (Å²) >= 11 is 0. The smallest absolute Gasteiger partial charge is 0.244 e. The van der Waals surface area contributed by atoms with E-state index in [0.717, 1.165) is 25.2 Å². The molecule has 3 unspecified atom stereocenters. The van der Waals surface area contributed by atoms with Crippen LogP contribution in [0.2, 0.25) is 0 Å². The normalized spacial score (nSPS) is 37.8. The molecule has 3 fully saturated rings. The first-order valence-electron chi connectivity index (χ1n) is 7.82. The molecule has 102 valence electrons. The Bertz CT molecular complexity index is 335. The molecule has 18 heavy (non-hydrogen) atoms. The SMILES string of the molecule is CCCC1CC1N1C(=O)C2(CCCC2)NC1CC. The molecular formula is C15H26N2O. The van der Waals surface area contributed by atoms with Crippen LogP contribution in [0.4, 0.5) is 0 Å². The molecule has 1 heterocycles. The molecule has 2 aliphatic carbocycles. The van der Waals surface area contributed by atoms with Gasteiger partial charge in [-0.25, -0.2) is 0 Å². The highest BCUT2D eigenvalue weighted by molar-refractivity contribution is 5.89. The van der Waals surface area contributed by atoms with Crippen LogP contribution in [0.1, 0.15) is 65.2 Å². The number of nitrogens with one attached hydrogen (secondary N) is 1. The number of hydrogen-bond donors (Lipinski definition) is 1. The van der Waals surface area contributed by atoms with E-state index in [0.29, 0.717) is 18.1 Å². The molecule has 1 aliphatic heterocycles. The first-order chi connectivity index (χ1) is 8.72. The van der Waals surface area contributed by atoms with Crippen LogP contribution in [0, 0.1) is 5.92 Å². The van der Waals surface area contributed by atoms with Crippen molar-refractivity contribution < 1.29 is 4.79 Å². The summed E-state index contributed by atoms with van der Waals surface area (Å²) in [5, 5.41) is 3.68. The number of nitrogens with zero attached hydrogens (tertiary/aromatic N) is 1. The third kappa shape index (κ3) is 1.78. The molecule has 1 spiro atoms. The molecule has 0 aromatic rings. The van der Waals surface area contributed by atoms with E-state index < -0.39 is 0 Å². The summed E-state index contributed by atoms with van der Waals surface area (Å²) in [6.07, 6.45) is 9.68. The second kappa shape index (κ2) is 4.52. The monoisotopic (exact) mass is 250 g/mol. The van der Waals surface area contributed by atoms with Gasteiger partial charge in [0.25, 0.3) is 0 Å². The minimum Gasteiger partial charge on any atom is -0.322 e. The van der Waals surface area contributed by atoms with Crippen LogP contribution < -0.4 is 5.32 Å². The zero-order chi connectivity index (χ0) is 12.8. The molecule has 0 bridgehead atoms. The van der Waals surface area contributed by atoms with Crippen LogP contribution in [0.15, 0.2) is 0 Å². The van der Waals surface area contributed by atoms with Crippen LogP contribution in [0.3, 0.4) is 0 Å². The summed E-state index contributed by atoms with van der Waals surface area (Å²) in [5.41, 5.74) is -0.167. The van der Waals surface area contributed by atoms with Gasteiger partial charge in [-0.1, -0.05) is 33.1 Å². The van der Waals surface area contributed by atoms with Crippen molar-refractivity contribution in [2.45, 2.75) is 83.0 Å². The van der Waals surface area contributed by atoms with Gasteiger partial charge >= 0.3 is 0 Å². The minimum absolute atomic E-state index is 0.167. The Morgan fingerprint density at radius 2 is 2.06 bits per heavy atom. The molecule has 3 atom stereocenters. The summed E-state index contributed by atoms with van der Waals surface area (Å²) in [6.45, 7) is 4.44. The van der Waals surface area contributed by atoms with Crippen LogP contribution in [-0.4, -0.2) is 28.6 Å². The molecule has 2 saturated carbocycles. The van der Waals surface area contributed by atoms with Crippen molar-refractivity contribution in [1.82, 2.24) is 10.2 Å². The molecule has 3 aliphatic rings. The van der Waals surface area contributed by atoms with Crippen LogP contribution >= 0.6 is 0 Å². The summed E-state index contributed by atoms with van der Waals surface area (Å²) in [4.78, 5) is 15.0. The van der Waals surface area contributed by atoms with E-state index >= 15 is 0 Å². The lowest BCUT2D eigenvalue weighted by atomic mass is 9.98. The molecule has 1 N–H and O–H groups in total. The second-order valence-corrected chi connectivity index (χ2v) is 6.42. The summed E-state index contributed by atoms with van der Waals surface area (Å²) in [6, 6.07) is 0.551. The molecule has 0 aromatic carbocycles. The highest BCUT2D eigenvalue weighted by Gasteiger charge is 2.57. The Labute approximate surface area is 110 Å². The average molecular weight is 250 g/mol. The van der Waals surface area contributed by atoms with E-state index in [-0.39, 0.29) is 5.54 Å². The highest BCUT2D eigenvalue weighted by atomic mass is 16.2. The first kappa shape index (κ1) is 12.5. The fourth-order valence-corrected chi connectivity index (χ4v) is 4.11. The van der Waals surface area contributed by atoms with Crippen molar-refractivity contribution in [2.24, 2.45) is 5.92 Å². The Morgan fingerprint density at radius 1 is 1.33 bits per heavy atom. The molecule has 0 aromatic heterocycles. The largest absolute Gasteiger partial charge is 0.322 e. The van der Waals surface area contributed by atoms with Gasteiger partial charge in [0.1, 0.15) is 0 Å². The Balaban J connectivity index is 1.75. The maximum atomic E-state index is 12.8. The Morgan fingerprint density at radius 3 is 2.67 bits per heavy atom. The van der Waals surface area contributed by atoms with Crippen molar-refractivity contribution in [1.29, 1.82) is 0 Å². The average Bonchev–Trinajstić information content (AvgIpc) is 2.86. The van der Waals surface area contributed by atoms with E-state index in [4.69, 9.17) is 0 Å². The summed E-state index contributed by atoms with van der Waals surface area (Å²) in [7, 11) is 0. The van der Waals surface area contributed by atoms with E-state index in [1.165, 1.54) is 32.1 Å². The molecule has 0 radical (unpaired) electrons. The molecule has 3 rings (SSSR count). The number of amides is 1.